The summed E-state index contributed by atoms with van der Waals surface area (Å²) in [5.74, 6) is -0.0254. The van der Waals surface area contributed by atoms with Gasteiger partial charge in [0, 0.05) is 26.1 Å². The second-order valence-electron chi connectivity index (χ2n) is 9.53. The molecule has 2 aromatic carbocycles. The SMILES string of the molecule is CCc1ccc(N(CCCC(=O)N(Cc2ccccc2)[C@H](CC)C(=O)NCC(C)C)S(C)(=O)=O)cc1. The van der Waals surface area contributed by atoms with Crippen LogP contribution in [0.25, 0.3) is 0 Å². The summed E-state index contributed by atoms with van der Waals surface area (Å²) < 4.78 is 26.3. The second kappa shape index (κ2) is 14.0. The first-order valence-electron chi connectivity index (χ1n) is 12.7. The monoisotopic (exact) mass is 515 g/mol. The molecule has 0 heterocycles. The topological polar surface area (TPSA) is 86.8 Å². The summed E-state index contributed by atoms with van der Waals surface area (Å²) >= 11 is 0. The second-order valence-corrected chi connectivity index (χ2v) is 11.4. The first-order valence-corrected chi connectivity index (χ1v) is 14.6. The van der Waals surface area contributed by atoms with Crippen LogP contribution in [0, 0.1) is 5.92 Å². The van der Waals surface area contributed by atoms with Gasteiger partial charge in [-0.3, -0.25) is 13.9 Å². The van der Waals surface area contributed by atoms with Gasteiger partial charge >= 0.3 is 0 Å². The molecule has 8 heteroatoms. The van der Waals surface area contributed by atoms with Crippen LogP contribution < -0.4 is 9.62 Å². The zero-order valence-corrected chi connectivity index (χ0v) is 23.1. The highest BCUT2D eigenvalue weighted by Crippen LogP contribution is 2.20. The number of nitrogens with one attached hydrogen (secondary N) is 1. The number of hydrogen-bond donors (Lipinski definition) is 1. The number of carbonyl (C=O) groups is 2. The van der Waals surface area contributed by atoms with E-state index in [0.717, 1.165) is 17.5 Å². The van der Waals surface area contributed by atoms with E-state index in [2.05, 4.69) is 5.32 Å². The van der Waals surface area contributed by atoms with Gasteiger partial charge in [-0.1, -0.05) is 70.2 Å². The van der Waals surface area contributed by atoms with Crippen LogP contribution in [0.4, 0.5) is 5.69 Å². The number of hydrogen-bond acceptors (Lipinski definition) is 4. The van der Waals surface area contributed by atoms with Crippen molar-refractivity contribution in [3.8, 4) is 0 Å². The van der Waals surface area contributed by atoms with E-state index >= 15 is 0 Å². The van der Waals surface area contributed by atoms with Gasteiger partial charge in [0.25, 0.3) is 0 Å². The van der Waals surface area contributed by atoms with Crippen LogP contribution in [0.3, 0.4) is 0 Å². The van der Waals surface area contributed by atoms with Crippen LogP contribution in [0.5, 0.6) is 0 Å². The quantitative estimate of drug-likeness (QED) is 0.405. The minimum atomic E-state index is -3.51. The zero-order valence-electron chi connectivity index (χ0n) is 22.2. The van der Waals surface area contributed by atoms with E-state index in [1.165, 1.54) is 10.6 Å². The molecule has 0 aliphatic rings. The maximum atomic E-state index is 13.4. The van der Waals surface area contributed by atoms with Gasteiger partial charge in [-0.25, -0.2) is 8.42 Å². The van der Waals surface area contributed by atoms with E-state index in [-0.39, 0.29) is 24.8 Å². The summed E-state index contributed by atoms with van der Waals surface area (Å²) in [7, 11) is -3.51. The minimum absolute atomic E-state index is 0.139. The average Bonchev–Trinajstić information content (AvgIpc) is 2.85. The molecular formula is C28H41N3O4S. The minimum Gasteiger partial charge on any atom is -0.354 e. The normalized spacial score (nSPS) is 12.3. The lowest BCUT2D eigenvalue weighted by molar-refractivity contribution is -0.141. The predicted molar refractivity (Wildman–Crippen MR) is 146 cm³/mol. The summed E-state index contributed by atoms with van der Waals surface area (Å²) in [6.45, 7) is 9.05. The van der Waals surface area contributed by atoms with Crippen molar-refractivity contribution in [1.29, 1.82) is 0 Å². The molecule has 0 aromatic heterocycles. The fourth-order valence-electron chi connectivity index (χ4n) is 4.02. The predicted octanol–water partition coefficient (Wildman–Crippen LogP) is 4.37. The number of rotatable bonds is 14. The molecule has 2 rings (SSSR count). The number of nitrogens with zero attached hydrogens (tertiary/aromatic N) is 2. The van der Waals surface area contributed by atoms with Crippen LogP contribution >= 0.6 is 0 Å². The number of aryl methyl sites for hydroxylation is 1. The van der Waals surface area contributed by atoms with Gasteiger partial charge in [0.1, 0.15) is 6.04 Å². The Kier molecular flexibility index (Phi) is 11.4. The van der Waals surface area contributed by atoms with Gasteiger partial charge in [0.2, 0.25) is 21.8 Å². The Bertz CT molecular complexity index is 1070. The molecule has 0 radical (unpaired) electrons. The fraction of sp³-hybridized carbons (Fsp3) is 0.500. The van der Waals surface area contributed by atoms with Gasteiger partial charge in [-0.2, -0.15) is 0 Å². The van der Waals surface area contributed by atoms with E-state index in [9.17, 15) is 18.0 Å². The summed E-state index contributed by atoms with van der Waals surface area (Å²) in [6, 6.07) is 16.4. The third-order valence-electron chi connectivity index (χ3n) is 6.05. The first-order chi connectivity index (χ1) is 17.1. The molecule has 2 aromatic rings. The van der Waals surface area contributed by atoms with Crippen molar-refractivity contribution in [3.63, 3.8) is 0 Å². The number of benzene rings is 2. The standard InChI is InChI=1S/C28H41N3O4S/c1-6-23-15-17-25(18-16-23)31(36(5,34)35)19-11-14-27(32)30(21-24-12-9-8-10-13-24)26(7-2)28(33)29-20-22(3)4/h8-10,12-13,15-18,22,26H,6-7,11,14,19-21H2,1-5H3,(H,29,33)/t26-/m1/s1. The Morgan fingerprint density at radius 1 is 0.944 bits per heavy atom. The van der Waals surface area contributed by atoms with Crippen LogP contribution in [0.2, 0.25) is 0 Å². The number of sulfonamides is 1. The van der Waals surface area contributed by atoms with Crippen molar-refractivity contribution >= 4 is 27.5 Å². The van der Waals surface area contributed by atoms with Crippen LogP contribution in [-0.4, -0.2) is 50.5 Å². The van der Waals surface area contributed by atoms with Crippen molar-refractivity contribution < 1.29 is 18.0 Å². The van der Waals surface area contributed by atoms with Crippen LogP contribution in [-0.2, 0) is 32.6 Å². The molecule has 36 heavy (non-hydrogen) atoms. The number of amides is 2. The van der Waals surface area contributed by atoms with Crippen molar-refractivity contribution in [2.75, 3.05) is 23.7 Å². The molecule has 1 N–H and O–H groups in total. The molecule has 7 nitrogen and oxygen atoms in total. The smallest absolute Gasteiger partial charge is 0.242 e. The summed E-state index contributed by atoms with van der Waals surface area (Å²) in [4.78, 5) is 28.0. The van der Waals surface area contributed by atoms with Crippen LogP contribution in [0.1, 0.15) is 58.1 Å². The van der Waals surface area contributed by atoms with Crippen molar-refractivity contribution in [2.45, 2.75) is 66.0 Å². The van der Waals surface area contributed by atoms with E-state index in [1.807, 2.05) is 70.2 Å². The molecule has 0 saturated carbocycles. The number of anilines is 1. The third-order valence-corrected chi connectivity index (χ3v) is 7.25. The lowest BCUT2D eigenvalue weighted by Crippen LogP contribution is -2.49. The van der Waals surface area contributed by atoms with E-state index in [1.54, 1.807) is 17.0 Å². The highest BCUT2D eigenvalue weighted by molar-refractivity contribution is 7.92. The Morgan fingerprint density at radius 3 is 2.11 bits per heavy atom. The van der Waals surface area contributed by atoms with Gasteiger partial charge < -0.3 is 10.2 Å². The summed E-state index contributed by atoms with van der Waals surface area (Å²) in [5.41, 5.74) is 2.65. The summed E-state index contributed by atoms with van der Waals surface area (Å²) in [5, 5.41) is 2.96. The molecule has 0 saturated heterocycles. The molecule has 2 amide bonds. The van der Waals surface area contributed by atoms with E-state index in [0.29, 0.717) is 37.5 Å². The fourth-order valence-corrected chi connectivity index (χ4v) is 4.99. The highest BCUT2D eigenvalue weighted by atomic mass is 32.2. The van der Waals surface area contributed by atoms with Gasteiger partial charge in [-0.15, -0.1) is 0 Å². The molecule has 0 bridgehead atoms. The van der Waals surface area contributed by atoms with Crippen molar-refractivity contribution in [1.82, 2.24) is 10.2 Å². The largest absolute Gasteiger partial charge is 0.354 e. The molecule has 0 fully saturated rings. The lowest BCUT2D eigenvalue weighted by atomic mass is 10.1. The molecule has 0 unspecified atom stereocenters. The first kappa shape index (κ1) is 29.4. The summed E-state index contributed by atoms with van der Waals surface area (Å²) in [6.07, 6.45) is 3.02. The highest BCUT2D eigenvalue weighted by Gasteiger charge is 2.28. The maximum absolute atomic E-state index is 13.4. The zero-order chi connectivity index (χ0) is 26.7. The molecule has 0 aliphatic heterocycles. The number of carbonyl (C=O) groups excluding carboxylic acids is 2. The Morgan fingerprint density at radius 2 is 1.58 bits per heavy atom. The van der Waals surface area contributed by atoms with Crippen molar-refractivity contribution in [3.05, 3.63) is 65.7 Å². The molecule has 198 valence electrons. The van der Waals surface area contributed by atoms with E-state index < -0.39 is 16.1 Å². The Balaban J connectivity index is 2.17. The Hall–Kier alpha value is -2.87. The van der Waals surface area contributed by atoms with Gasteiger partial charge in [0.05, 0.1) is 11.9 Å². The van der Waals surface area contributed by atoms with Gasteiger partial charge in [-0.05, 0) is 48.4 Å². The molecule has 0 aliphatic carbocycles. The lowest BCUT2D eigenvalue weighted by Gasteiger charge is -2.31. The van der Waals surface area contributed by atoms with Crippen molar-refractivity contribution in [2.24, 2.45) is 5.92 Å². The molecular weight excluding hydrogens is 474 g/mol. The molecule has 0 spiro atoms. The van der Waals surface area contributed by atoms with Gasteiger partial charge in [0.15, 0.2) is 0 Å². The van der Waals surface area contributed by atoms with Crippen LogP contribution in [0.15, 0.2) is 54.6 Å². The van der Waals surface area contributed by atoms with E-state index in [4.69, 9.17) is 0 Å². The molecule has 1 atom stereocenters. The third kappa shape index (κ3) is 8.97. The average molecular weight is 516 g/mol. The Labute approximate surface area is 216 Å². The maximum Gasteiger partial charge on any atom is 0.242 e.